The molecule has 1 amide bonds. The summed E-state index contributed by atoms with van der Waals surface area (Å²) in [5.74, 6) is 1.02. The van der Waals surface area contributed by atoms with Crippen molar-refractivity contribution in [1.82, 2.24) is 15.0 Å². The lowest BCUT2D eigenvalue weighted by Crippen LogP contribution is -2.43. The zero-order valence-corrected chi connectivity index (χ0v) is 13.0. The number of ether oxygens (including phenoxy) is 1. The Balaban J connectivity index is 1.85. The Hall–Kier alpha value is -1.86. The SMILES string of the molecule is CC(C)c1nc(C2COCCN2C(=O)c2ccc(Cl)o2)no1. The molecular formula is C14H16ClN3O4. The highest BCUT2D eigenvalue weighted by atomic mass is 35.5. The highest BCUT2D eigenvalue weighted by Crippen LogP contribution is 2.26. The number of nitrogens with zero attached hydrogens (tertiary/aromatic N) is 3. The summed E-state index contributed by atoms with van der Waals surface area (Å²) in [7, 11) is 0. The number of carbonyl (C=O) groups is 1. The van der Waals surface area contributed by atoms with Gasteiger partial charge in [0, 0.05) is 12.5 Å². The second-order valence-corrected chi connectivity index (χ2v) is 5.71. The molecule has 3 rings (SSSR count). The molecule has 1 atom stereocenters. The predicted molar refractivity (Wildman–Crippen MR) is 76.7 cm³/mol. The van der Waals surface area contributed by atoms with Crippen molar-refractivity contribution in [3.63, 3.8) is 0 Å². The molecular weight excluding hydrogens is 310 g/mol. The number of carbonyl (C=O) groups excluding carboxylic acids is 1. The van der Waals surface area contributed by atoms with E-state index in [0.717, 1.165) is 0 Å². The third-order valence-electron chi connectivity index (χ3n) is 3.42. The summed E-state index contributed by atoms with van der Waals surface area (Å²) in [5, 5.41) is 4.15. The number of morpholine rings is 1. The van der Waals surface area contributed by atoms with Gasteiger partial charge in [-0.2, -0.15) is 4.98 Å². The van der Waals surface area contributed by atoms with Crippen LogP contribution in [0.4, 0.5) is 0 Å². The van der Waals surface area contributed by atoms with Crippen molar-refractivity contribution in [2.45, 2.75) is 25.8 Å². The van der Waals surface area contributed by atoms with Crippen LogP contribution < -0.4 is 0 Å². The first-order chi connectivity index (χ1) is 10.6. The van der Waals surface area contributed by atoms with Gasteiger partial charge in [-0.15, -0.1) is 0 Å². The Bertz CT molecular complexity index is 667. The molecule has 1 saturated heterocycles. The van der Waals surface area contributed by atoms with Crippen LogP contribution in [-0.2, 0) is 4.74 Å². The second-order valence-electron chi connectivity index (χ2n) is 5.34. The van der Waals surface area contributed by atoms with Gasteiger partial charge in [0.25, 0.3) is 5.91 Å². The maximum atomic E-state index is 12.6. The minimum absolute atomic E-state index is 0.124. The van der Waals surface area contributed by atoms with E-state index < -0.39 is 6.04 Å². The van der Waals surface area contributed by atoms with E-state index in [1.165, 1.54) is 6.07 Å². The summed E-state index contributed by atoms with van der Waals surface area (Å²) in [5.41, 5.74) is 0. The molecule has 0 bridgehead atoms. The van der Waals surface area contributed by atoms with E-state index in [0.29, 0.717) is 31.5 Å². The van der Waals surface area contributed by atoms with Gasteiger partial charge in [0.2, 0.25) is 5.89 Å². The highest BCUT2D eigenvalue weighted by Gasteiger charge is 2.34. The number of hydrogen-bond acceptors (Lipinski definition) is 6. The van der Waals surface area contributed by atoms with Crippen LogP contribution in [0.2, 0.25) is 5.22 Å². The van der Waals surface area contributed by atoms with Crippen LogP contribution in [0.1, 0.15) is 48.1 Å². The molecule has 1 aliphatic heterocycles. The van der Waals surface area contributed by atoms with Crippen LogP contribution in [0.15, 0.2) is 21.1 Å². The molecule has 22 heavy (non-hydrogen) atoms. The summed E-state index contributed by atoms with van der Waals surface area (Å²) >= 11 is 5.73. The van der Waals surface area contributed by atoms with Gasteiger partial charge in [0.15, 0.2) is 16.8 Å². The molecule has 1 aliphatic rings. The van der Waals surface area contributed by atoms with Gasteiger partial charge < -0.3 is 18.6 Å². The summed E-state index contributed by atoms with van der Waals surface area (Å²) in [6, 6.07) is 2.68. The van der Waals surface area contributed by atoms with E-state index in [-0.39, 0.29) is 22.8 Å². The molecule has 0 saturated carbocycles. The molecule has 1 fully saturated rings. The molecule has 118 valence electrons. The molecule has 1 unspecified atom stereocenters. The lowest BCUT2D eigenvalue weighted by Gasteiger charge is -2.32. The highest BCUT2D eigenvalue weighted by molar-refractivity contribution is 6.29. The fourth-order valence-electron chi connectivity index (χ4n) is 2.25. The number of hydrogen-bond donors (Lipinski definition) is 0. The van der Waals surface area contributed by atoms with E-state index in [9.17, 15) is 4.79 Å². The van der Waals surface area contributed by atoms with E-state index in [2.05, 4.69) is 10.1 Å². The largest absolute Gasteiger partial charge is 0.440 e. The first-order valence-corrected chi connectivity index (χ1v) is 7.41. The molecule has 7 nitrogen and oxygen atoms in total. The fraction of sp³-hybridized carbons (Fsp3) is 0.500. The molecule has 2 aromatic heterocycles. The van der Waals surface area contributed by atoms with Crippen molar-refractivity contribution in [2.75, 3.05) is 19.8 Å². The normalized spacial score (nSPS) is 18.9. The molecule has 8 heteroatoms. The van der Waals surface area contributed by atoms with Crippen LogP contribution in [0, 0.1) is 0 Å². The summed E-state index contributed by atoms with van der Waals surface area (Å²) in [6.07, 6.45) is 0. The van der Waals surface area contributed by atoms with Crippen molar-refractivity contribution in [3.8, 4) is 0 Å². The standard InChI is InChI=1S/C14H16ClN3O4/c1-8(2)13-16-12(17-22-13)9-7-20-6-5-18(9)14(19)10-3-4-11(15)21-10/h3-4,8-9H,5-7H2,1-2H3. The summed E-state index contributed by atoms with van der Waals surface area (Å²) in [6.45, 7) is 5.11. The van der Waals surface area contributed by atoms with E-state index >= 15 is 0 Å². The zero-order valence-electron chi connectivity index (χ0n) is 12.3. The van der Waals surface area contributed by atoms with Crippen LogP contribution in [0.5, 0.6) is 0 Å². The van der Waals surface area contributed by atoms with Crippen molar-refractivity contribution >= 4 is 17.5 Å². The molecule has 3 heterocycles. The smallest absolute Gasteiger partial charge is 0.290 e. The van der Waals surface area contributed by atoms with E-state index in [1.807, 2.05) is 13.8 Å². The first kappa shape index (κ1) is 15.1. The lowest BCUT2D eigenvalue weighted by atomic mass is 10.2. The molecule has 0 radical (unpaired) electrons. The monoisotopic (exact) mass is 325 g/mol. The Morgan fingerprint density at radius 3 is 2.91 bits per heavy atom. The average molecular weight is 326 g/mol. The van der Waals surface area contributed by atoms with Gasteiger partial charge in [-0.05, 0) is 23.7 Å². The number of amides is 1. The van der Waals surface area contributed by atoms with Crippen LogP contribution in [0.25, 0.3) is 0 Å². The van der Waals surface area contributed by atoms with Crippen LogP contribution in [-0.4, -0.2) is 40.7 Å². The topological polar surface area (TPSA) is 81.6 Å². The van der Waals surface area contributed by atoms with Crippen molar-refractivity contribution in [1.29, 1.82) is 0 Å². The van der Waals surface area contributed by atoms with Gasteiger partial charge in [-0.25, -0.2) is 0 Å². The first-order valence-electron chi connectivity index (χ1n) is 7.04. The minimum Gasteiger partial charge on any atom is -0.440 e. The van der Waals surface area contributed by atoms with Crippen LogP contribution >= 0.6 is 11.6 Å². The quantitative estimate of drug-likeness (QED) is 0.863. The number of rotatable bonds is 3. The second kappa shape index (κ2) is 6.10. The fourth-order valence-corrected chi connectivity index (χ4v) is 2.39. The summed E-state index contributed by atoms with van der Waals surface area (Å²) in [4.78, 5) is 18.5. The predicted octanol–water partition coefficient (Wildman–Crippen LogP) is 2.65. The lowest BCUT2D eigenvalue weighted by molar-refractivity contribution is -0.00727. The van der Waals surface area contributed by atoms with Gasteiger partial charge in [0.05, 0.1) is 13.2 Å². The maximum absolute atomic E-state index is 12.6. The van der Waals surface area contributed by atoms with Crippen molar-refractivity contribution < 1.29 is 18.5 Å². The average Bonchev–Trinajstić information content (AvgIpc) is 3.15. The third-order valence-corrected chi connectivity index (χ3v) is 3.63. The number of halogens is 1. The Morgan fingerprint density at radius 1 is 1.45 bits per heavy atom. The molecule has 0 aliphatic carbocycles. The van der Waals surface area contributed by atoms with Crippen molar-refractivity contribution in [3.05, 3.63) is 34.8 Å². The maximum Gasteiger partial charge on any atom is 0.290 e. The molecule has 0 aromatic carbocycles. The third kappa shape index (κ3) is 2.86. The number of aromatic nitrogens is 2. The Morgan fingerprint density at radius 2 is 2.27 bits per heavy atom. The Labute approximate surface area is 132 Å². The number of furan rings is 1. The van der Waals surface area contributed by atoms with Crippen molar-refractivity contribution in [2.24, 2.45) is 0 Å². The van der Waals surface area contributed by atoms with Gasteiger partial charge >= 0.3 is 0 Å². The molecule has 2 aromatic rings. The zero-order chi connectivity index (χ0) is 15.7. The molecule has 0 spiro atoms. The molecule has 0 N–H and O–H groups in total. The van der Waals surface area contributed by atoms with E-state index in [4.69, 9.17) is 25.3 Å². The van der Waals surface area contributed by atoms with Crippen LogP contribution in [0.3, 0.4) is 0 Å². The summed E-state index contributed by atoms with van der Waals surface area (Å²) < 4.78 is 15.9. The Kier molecular flexibility index (Phi) is 4.17. The van der Waals surface area contributed by atoms with Gasteiger partial charge in [-0.1, -0.05) is 19.0 Å². The van der Waals surface area contributed by atoms with Gasteiger partial charge in [-0.3, -0.25) is 4.79 Å². The van der Waals surface area contributed by atoms with E-state index in [1.54, 1.807) is 11.0 Å². The van der Waals surface area contributed by atoms with Gasteiger partial charge in [0.1, 0.15) is 6.04 Å². The minimum atomic E-state index is -0.402.